The van der Waals surface area contributed by atoms with E-state index in [-0.39, 0.29) is 24.0 Å². The number of hydrogen-bond donors (Lipinski definition) is 2. The number of nitrogens with one attached hydrogen (secondary N) is 2. The molecular weight excluding hydrogens is 407 g/mol. The number of halogens is 1. The molecule has 2 N–H and O–H groups in total. The van der Waals surface area contributed by atoms with E-state index in [9.17, 15) is 0 Å². The van der Waals surface area contributed by atoms with Crippen LogP contribution in [0.2, 0.25) is 0 Å². The van der Waals surface area contributed by atoms with Gasteiger partial charge in [-0.15, -0.1) is 24.0 Å². The van der Waals surface area contributed by atoms with E-state index in [1.807, 2.05) is 36.9 Å². The van der Waals surface area contributed by atoms with Crippen LogP contribution in [0.4, 0.5) is 0 Å². The Hall–Kier alpha value is -1.84. The Kier molecular flexibility index (Phi) is 8.38. The van der Waals surface area contributed by atoms with Crippen molar-refractivity contribution in [2.45, 2.75) is 20.0 Å². The molecule has 0 saturated heterocycles. The molecule has 8 heteroatoms. The maximum atomic E-state index is 5.04. The van der Waals surface area contributed by atoms with Crippen LogP contribution in [0.25, 0.3) is 0 Å². The predicted octanol–water partition coefficient (Wildman–Crippen LogP) is 1.70. The molecule has 0 radical (unpaired) electrons. The molecule has 0 spiro atoms. The third-order valence-electron chi connectivity index (χ3n) is 3.13. The van der Waals surface area contributed by atoms with Gasteiger partial charge in [0, 0.05) is 32.1 Å². The average Bonchev–Trinajstić information content (AvgIpc) is 2.96. The molecule has 2 rings (SSSR count). The van der Waals surface area contributed by atoms with Gasteiger partial charge in [-0.25, -0.2) is 9.98 Å². The average molecular weight is 430 g/mol. The number of hydrogen-bond acceptors (Lipinski definition) is 4. The third kappa shape index (κ3) is 6.05. The molecule has 0 atom stereocenters. The van der Waals surface area contributed by atoms with Crippen molar-refractivity contribution in [1.82, 2.24) is 25.4 Å². The standard InChI is InChI=1S/C15H22N6O.HI/c1-4-16-15(19-11-13-7-8-20-21(13)2)18-10-12-5-6-14(22-3)17-9-12;/h5-9H,4,10-11H2,1-3H3,(H2,16,18,19);1H. The summed E-state index contributed by atoms with van der Waals surface area (Å²) in [4.78, 5) is 8.73. The molecule has 126 valence electrons. The van der Waals surface area contributed by atoms with Crippen molar-refractivity contribution >= 4 is 29.9 Å². The lowest BCUT2D eigenvalue weighted by Crippen LogP contribution is -2.37. The molecule has 0 unspecified atom stereocenters. The van der Waals surface area contributed by atoms with Gasteiger partial charge in [-0.2, -0.15) is 5.10 Å². The van der Waals surface area contributed by atoms with Crippen LogP contribution in [0.1, 0.15) is 18.2 Å². The topological polar surface area (TPSA) is 76.4 Å². The summed E-state index contributed by atoms with van der Waals surface area (Å²) in [6.07, 6.45) is 3.55. The zero-order valence-electron chi connectivity index (χ0n) is 13.6. The van der Waals surface area contributed by atoms with Crippen molar-refractivity contribution in [3.05, 3.63) is 41.9 Å². The highest BCUT2D eigenvalue weighted by Crippen LogP contribution is 2.07. The zero-order chi connectivity index (χ0) is 15.8. The molecule has 7 nitrogen and oxygen atoms in total. The van der Waals surface area contributed by atoms with Crippen LogP contribution in [0.5, 0.6) is 5.88 Å². The fraction of sp³-hybridized carbons (Fsp3) is 0.400. The second-order valence-electron chi connectivity index (χ2n) is 4.70. The Labute approximate surface area is 153 Å². The van der Waals surface area contributed by atoms with E-state index < -0.39 is 0 Å². The van der Waals surface area contributed by atoms with E-state index in [1.54, 1.807) is 19.5 Å². The fourth-order valence-corrected chi connectivity index (χ4v) is 1.89. The molecule has 2 heterocycles. The minimum absolute atomic E-state index is 0. The molecule has 0 amide bonds. The van der Waals surface area contributed by atoms with Gasteiger partial charge in [0.25, 0.3) is 0 Å². The lowest BCUT2D eigenvalue weighted by Gasteiger charge is -2.11. The van der Waals surface area contributed by atoms with E-state index in [2.05, 4.69) is 25.7 Å². The summed E-state index contributed by atoms with van der Waals surface area (Å²) in [6.45, 7) is 4.06. The minimum atomic E-state index is 0. The van der Waals surface area contributed by atoms with Crippen molar-refractivity contribution in [3.63, 3.8) is 0 Å². The minimum Gasteiger partial charge on any atom is -0.481 e. The molecule has 0 aromatic carbocycles. The monoisotopic (exact) mass is 430 g/mol. The quantitative estimate of drug-likeness (QED) is 0.415. The number of aliphatic imine (C=N–C) groups is 1. The molecule has 0 bridgehead atoms. The second kappa shape index (κ2) is 10.0. The van der Waals surface area contributed by atoms with Crippen molar-refractivity contribution in [2.75, 3.05) is 13.7 Å². The molecule has 0 aliphatic heterocycles. The van der Waals surface area contributed by atoms with Gasteiger partial charge in [-0.05, 0) is 18.6 Å². The molecular formula is C15H23IN6O. The zero-order valence-corrected chi connectivity index (χ0v) is 15.9. The summed E-state index contributed by atoms with van der Waals surface area (Å²) < 4.78 is 6.88. The number of pyridine rings is 1. The van der Waals surface area contributed by atoms with Crippen molar-refractivity contribution in [3.8, 4) is 5.88 Å². The first-order valence-electron chi connectivity index (χ1n) is 7.21. The van der Waals surface area contributed by atoms with E-state index in [0.29, 0.717) is 19.0 Å². The summed E-state index contributed by atoms with van der Waals surface area (Å²) in [7, 11) is 3.52. The first-order valence-corrected chi connectivity index (χ1v) is 7.21. The van der Waals surface area contributed by atoms with Crippen LogP contribution in [0, 0.1) is 0 Å². The first kappa shape index (κ1) is 19.2. The van der Waals surface area contributed by atoms with Gasteiger partial charge in [-0.3, -0.25) is 4.68 Å². The Morgan fingerprint density at radius 3 is 2.70 bits per heavy atom. The van der Waals surface area contributed by atoms with Gasteiger partial charge in [0.15, 0.2) is 5.96 Å². The smallest absolute Gasteiger partial charge is 0.212 e. The fourth-order valence-electron chi connectivity index (χ4n) is 1.89. The number of methoxy groups -OCH3 is 1. The molecule has 2 aromatic rings. The molecule has 0 aliphatic rings. The van der Waals surface area contributed by atoms with Gasteiger partial charge in [0.05, 0.1) is 25.9 Å². The summed E-state index contributed by atoms with van der Waals surface area (Å²) in [5.74, 6) is 1.37. The van der Waals surface area contributed by atoms with Crippen LogP contribution in [-0.4, -0.2) is 34.4 Å². The van der Waals surface area contributed by atoms with Gasteiger partial charge in [-0.1, -0.05) is 6.07 Å². The van der Waals surface area contributed by atoms with Crippen molar-refractivity contribution in [2.24, 2.45) is 12.0 Å². The van der Waals surface area contributed by atoms with Crippen LogP contribution in [0.15, 0.2) is 35.6 Å². The summed E-state index contributed by atoms with van der Waals surface area (Å²) >= 11 is 0. The van der Waals surface area contributed by atoms with Crippen molar-refractivity contribution < 1.29 is 4.74 Å². The van der Waals surface area contributed by atoms with E-state index in [1.165, 1.54) is 0 Å². The SMILES string of the molecule is CCNC(=NCc1ccc(OC)nc1)NCc1ccnn1C.I. The van der Waals surface area contributed by atoms with Crippen molar-refractivity contribution in [1.29, 1.82) is 0 Å². The number of rotatable bonds is 6. The highest BCUT2D eigenvalue weighted by atomic mass is 127. The number of guanidine groups is 1. The van der Waals surface area contributed by atoms with Crippen LogP contribution in [-0.2, 0) is 20.1 Å². The number of ether oxygens (including phenoxy) is 1. The van der Waals surface area contributed by atoms with Gasteiger partial charge < -0.3 is 15.4 Å². The number of aryl methyl sites for hydroxylation is 1. The van der Waals surface area contributed by atoms with Crippen LogP contribution < -0.4 is 15.4 Å². The van der Waals surface area contributed by atoms with Gasteiger partial charge in [0.2, 0.25) is 5.88 Å². The largest absolute Gasteiger partial charge is 0.481 e. The number of nitrogens with zero attached hydrogens (tertiary/aromatic N) is 4. The highest BCUT2D eigenvalue weighted by Gasteiger charge is 2.02. The lowest BCUT2D eigenvalue weighted by molar-refractivity contribution is 0.397. The molecule has 2 aromatic heterocycles. The predicted molar refractivity (Wildman–Crippen MR) is 101 cm³/mol. The highest BCUT2D eigenvalue weighted by molar-refractivity contribution is 14.0. The van der Waals surface area contributed by atoms with E-state index in [4.69, 9.17) is 4.74 Å². The molecule has 0 aliphatic carbocycles. The summed E-state index contributed by atoms with van der Waals surface area (Å²) in [5.41, 5.74) is 2.12. The summed E-state index contributed by atoms with van der Waals surface area (Å²) in [6, 6.07) is 5.77. The molecule has 23 heavy (non-hydrogen) atoms. The molecule has 0 fully saturated rings. The molecule has 0 saturated carbocycles. The Balaban J connectivity index is 0.00000264. The summed E-state index contributed by atoms with van der Waals surface area (Å²) in [5, 5.41) is 10.7. The number of aromatic nitrogens is 3. The maximum absolute atomic E-state index is 5.04. The Morgan fingerprint density at radius 1 is 1.30 bits per heavy atom. The lowest BCUT2D eigenvalue weighted by atomic mass is 10.3. The third-order valence-corrected chi connectivity index (χ3v) is 3.13. The normalized spacial score (nSPS) is 10.8. The van der Waals surface area contributed by atoms with E-state index >= 15 is 0 Å². The Bertz CT molecular complexity index is 611. The van der Waals surface area contributed by atoms with Gasteiger partial charge in [0.1, 0.15) is 0 Å². The Morgan fingerprint density at radius 2 is 2.13 bits per heavy atom. The van der Waals surface area contributed by atoms with E-state index in [0.717, 1.165) is 23.8 Å². The first-order chi connectivity index (χ1) is 10.7. The second-order valence-corrected chi connectivity index (χ2v) is 4.70. The van der Waals surface area contributed by atoms with Gasteiger partial charge >= 0.3 is 0 Å². The maximum Gasteiger partial charge on any atom is 0.212 e. The van der Waals surface area contributed by atoms with Crippen LogP contribution >= 0.6 is 24.0 Å². The van der Waals surface area contributed by atoms with Crippen LogP contribution in [0.3, 0.4) is 0 Å².